The first-order chi connectivity index (χ1) is 22.2. The molecule has 3 rings (SSSR count). The number of aryl methyl sites for hydroxylation is 1. The number of rotatable bonds is 14. The molecule has 0 spiro atoms. The van der Waals surface area contributed by atoms with Crippen molar-refractivity contribution in [2.75, 3.05) is 7.11 Å². The quantitative estimate of drug-likeness (QED) is 0.0888. The van der Waals surface area contributed by atoms with Crippen LogP contribution in [0.1, 0.15) is 66.4 Å². The summed E-state index contributed by atoms with van der Waals surface area (Å²) in [4.78, 5) is 19.9. The fourth-order valence-electron chi connectivity index (χ4n) is 7.25. The van der Waals surface area contributed by atoms with Crippen molar-refractivity contribution in [3.05, 3.63) is 97.1 Å². The number of ether oxygens (including phenoxy) is 1. The van der Waals surface area contributed by atoms with E-state index in [4.69, 9.17) is 4.74 Å². The number of hydrogen-bond acceptors (Lipinski definition) is 1. The number of unbranched alkanes of at least 4 members (excludes halogenated alkanes) is 2. The zero-order valence-electron chi connectivity index (χ0n) is 34.0. The Bertz CT molecular complexity index is 1280. The van der Waals surface area contributed by atoms with Crippen LogP contribution in [0.2, 0.25) is 60.2 Å². The van der Waals surface area contributed by atoms with Crippen LogP contribution in [0.3, 0.4) is 0 Å². The summed E-state index contributed by atoms with van der Waals surface area (Å²) in [5.74, 6) is 0.953. The van der Waals surface area contributed by atoms with Gasteiger partial charge in [0, 0.05) is 0 Å². The molecular weight excluding hydrogens is 917 g/mol. The van der Waals surface area contributed by atoms with Gasteiger partial charge in [0.2, 0.25) is 0 Å². The molecule has 0 atom stereocenters. The molecule has 0 saturated heterocycles. The van der Waals surface area contributed by atoms with E-state index in [1.54, 1.807) is 21.9 Å². The summed E-state index contributed by atoms with van der Waals surface area (Å²) >= 11 is -5.81. The van der Waals surface area contributed by atoms with Crippen LogP contribution in [-0.4, -0.2) is 70.3 Å². The molecule has 0 saturated carbocycles. The van der Waals surface area contributed by atoms with Crippen molar-refractivity contribution in [3.63, 3.8) is 0 Å². The molecule has 1 nitrogen and oxygen atoms in total. The molecule has 3 aromatic rings. The zero-order valence-corrected chi connectivity index (χ0v) is 43.5. The Morgan fingerprint density at radius 3 is 1.42 bits per heavy atom. The van der Waals surface area contributed by atoms with Gasteiger partial charge in [0.25, 0.3) is 0 Å². The molecule has 0 aromatic heterocycles. The van der Waals surface area contributed by atoms with E-state index in [-0.39, 0.29) is 0 Å². The Morgan fingerprint density at radius 1 is 0.604 bits per heavy atom. The molecule has 268 valence electrons. The SMILES string of the molecule is C=CCCCCc1cc[c]([Sn]([CH3])([CH3])[CH3])cc1.CC(C)[Si]([CH2][Sn]([CH3])([CH3])[c]1ccccc1)(C(C)C)C(C)C.COc1cc[c]([Sn]([CH3])([CH3])[CH3])cc1. The molecule has 3 aromatic carbocycles. The van der Waals surface area contributed by atoms with Gasteiger partial charge >= 0.3 is 316 Å². The minimum absolute atomic E-state index is 0.891. The molecule has 0 aliphatic rings. The second kappa shape index (κ2) is 21.4. The van der Waals surface area contributed by atoms with Crippen molar-refractivity contribution >= 4 is 73.9 Å². The van der Waals surface area contributed by atoms with E-state index in [1.165, 1.54) is 24.8 Å². The number of hydrogen-bond donors (Lipinski definition) is 0. The van der Waals surface area contributed by atoms with Crippen LogP contribution in [0.25, 0.3) is 0 Å². The predicted octanol–water partition coefficient (Wildman–Crippen LogP) is 12.2. The number of benzene rings is 3. The molecule has 5 heteroatoms. The van der Waals surface area contributed by atoms with Crippen LogP contribution in [0.5, 0.6) is 5.75 Å². The van der Waals surface area contributed by atoms with Gasteiger partial charge in [0.15, 0.2) is 0 Å². The van der Waals surface area contributed by atoms with E-state index >= 15 is 0 Å². The molecule has 0 heterocycles. The Hall–Kier alpha value is -0.187. The fourth-order valence-corrected chi connectivity index (χ4v) is 49.3. The summed E-state index contributed by atoms with van der Waals surface area (Å²) < 4.78 is 11.6. The number of methoxy groups -OCH3 is 1. The molecular formula is C43H74OSiSn3. The maximum absolute atomic E-state index is 5.11. The van der Waals surface area contributed by atoms with Crippen molar-refractivity contribution in [1.82, 2.24) is 0 Å². The Labute approximate surface area is 312 Å². The predicted molar refractivity (Wildman–Crippen MR) is 233 cm³/mol. The topological polar surface area (TPSA) is 9.23 Å². The fraction of sp³-hybridized carbons (Fsp3) is 0.535. The summed E-state index contributed by atoms with van der Waals surface area (Å²) in [6.45, 7) is 18.7. The molecule has 0 bridgehead atoms. The van der Waals surface area contributed by atoms with E-state index in [2.05, 4.69) is 167 Å². The molecule has 0 amide bonds. The van der Waals surface area contributed by atoms with Gasteiger partial charge in [-0.2, -0.15) is 0 Å². The van der Waals surface area contributed by atoms with Crippen molar-refractivity contribution in [1.29, 1.82) is 0 Å². The summed E-state index contributed by atoms with van der Waals surface area (Å²) in [6, 6.07) is 29.3. The van der Waals surface area contributed by atoms with Crippen LogP contribution < -0.4 is 15.5 Å². The third-order valence-electron chi connectivity index (χ3n) is 10.4. The monoisotopic (exact) mass is 994 g/mol. The van der Waals surface area contributed by atoms with Gasteiger partial charge < -0.3 is 0 Å². The Balaban J connectivity index is 0.000000371. The summed E-state index contributed by atoms with van der Waals surface area (Å²) in [5, 5.41) is 0. The molecule has 0 aliphatic carbocycles. The van der Waals surface area contributed by atoms with Gasteiger partial charge in [0.05, 0.1) is 0 Å². The third kappa shape index (κ3) is 15.2. The summed E-state index contributed by atoms with van der Waals surface area (Å²) in [6.07, 6.45) is 6.93. The van der Waals surface area contributed by atoms with Gasteiger partial charge in [-0.15, -0.1) is 0 Å². The van der Waals surface area contributed by atoms with Crippen LogP contribution in [0.4, 0.5) is 0 Å². The normalized spacial score (nSPS) is 12.3. The molecule has 0 unspecified atom stereocenters. The average Bonchev–Trinajstić information content (AvgIpc) is 3.02. The first-order valence-corrected chi connectivity index (χ1v) is 50.2. The minimum atomic E-state index is -2.17. The average molecular weight is 991 g/mol. The Kier molecular flexibility index (Phi) is 20.4. The van der Waals surface area contributed by atoms with Crippen LogP contribution in [0, 0.1) is 0 Å². The van der Waals surface area contributed by atoms with Crippen molar-refractivity contribution in [3.8, 4) is 5.75 Å². The van der Waals surface area contributed by atoms with Crippen LogP contribution >= 0.6 is 0 Å². The molecule has 0 radical (unpaired) electrons. The van der Waals surface area contributed by atoms with Crippen LogP contribution in [-0.2, 0) is 6.42 Å². The maximum atomic E-state index is 5.11. The van der Waals surface area contributed by atoms with E-state index in [0.717, 1.165) is 28.8 Å². The van der Waals surface area contributed by atoms with E-state index in [1.807, 2.05) is 6.08 Å². The molecule has 0 fully saturated rings. The molecule has 0 N–H and O–H groups in total. The third-order valence-corrected chi connectivity index (χ3v) is 48.4. The van der Waals surface area contributed by atoms with Gasteiger partial charge in [-0.1, -0.05) is 0 Å². The van der Waals surface area contributed by atoms with Crippen molar-refractivity contribution in [2.24, 2.45) is 0 Å². The number of allylic oxidation sites excluding steroid dienone is 1. The van der Waals surface area contributed by atoms with Gasteiger partial charge in [-0.3, -0.25) is 0 Å². The molecule has 48 heavy (non-hydrogen) atoms. The van der Waals surface area contributed by atoms with E-state index in [9.17, 15) is 0 Å². The summed E-state index contributed by atoms with van der Waals surface area (Å²) in [5.41, 5.74) is 4.16. The summed E-state index contributed by atoms with van der Waals surface area (Å²) in [7, 11) is 0.451. The van der Waals surface area contributed by atoms with Crippen molar-refractivity contribution < 1.29 is 4.74 Å². The van der Waals surface area contributed by atoms with Gasteiger partial charge in [0.1, 0.15) is 0 Å². The van der Waals surface area contributed by atoms with Gasteiger partial charge in [-0.05, 0) is 0 Å². The zero-order chi connectivity index (χ0) is 36.8. The second-order valence-electron chi connectivity index (χ2n) is 17.5. The van der Waals surface area contributed by atoms with Crippen molar-refractivity contribution in [2.45, 2.75) is 127 Å². The van der Waals surface area contributed by atoms with E-state index < -0.39 is 63.2 Å². The Morgan fingerprint density at radius 2 is 1.04 bits per heavy atom. The first kappa shape index (κ1) is 45.8. The second-order valence-corrected chi connectivity index (χ2v) is 67.9. The molecule has 0 aliphatic heterocycles. The van der Waals surface area contributed by atoms with E-state index in [0.29, 0.717) is 0 Å². The van der Waals surface area contributed by atoms with Gasteiger partial charge in [-0.25, -0.2) is 0 Å². The standard InChI is InChI=1S/C12H15.C10H23Si.C7H7O.C6H5.8CH3.3Sn/c1-2-3-4-6-9-12-10-7-5-8-11-12;1-8(2)11(7,9(3)4)10(5)6;1-8-7-5-3-2-4-6-7;1-2-4-6-5-3-1;;;;;;;;;;;/h2,7-8,10-11H,1,3-4,6,9H2;8-10H,7H2,1-6H3;3-6H,1H3;1-5H;8*1H3;;;. The van der Waals surface area contributed by atoms with Crippen LogP contribution in [0.15, 0.2) is 91.5 Å². The first-order valence-electron chi connectivity index (χ1n) is 18.6.